The number of aliphatic imine (C=N–C) groups is 1. The van der Waals surface area contributed by atoms with Crippen LogP contribution in [-0.4, -0.2) is 80.6 Å². The maximum Gasteiger partial charge on any atom is 0.201 e. The van der Waals surface area contributed by atoms with Crippen molar-refractivity contribution >= 4 is 33.3 Å². The molecule has 2 heterocycles. The first-order valence-corrected chi connectivity index (χ1v) is 18.8. The topological polar surface area (TPSA) is 187 Å². The second-order valence-corrected chi connectivity index (χ2v) is 15.5. The van der Waals surface area contributed by atoms with Crippen LogP contribution >= 0.6 is 21.6 Å². The minimum absolute atomic E-state index is 0.00543. The summed E-state index contributed by atoms with van der Waals surface area (Å²) in [5.41, 5.74) is 9.29. The Morgan fingerprint density at radius 1 is 1.10 bits per heavy atom. The number of aryl methyl sites for hydroxylation is 2. The van der Waals surface area contributed by atoms with Crippen LogP contribution in [0.3, 0.4) is 0 Å². The summed E-state index contributed by atoms with van der Waals surface area (Å²) in [6.07, 6.45) is -0.379. The van der Waals surface area contributed by atoms with Crippen molar-refractivity contribution in [2.24, 2.45) is 28.5 Å². The number of fused-ring (bicyclic) bond motifs is 5. The van der Waals surface area contributed by atoms with Crippen molar-refractivity contribution in [3.8, 4) is 34.8 Å². The van der Waals surface area contributed by atoms with E-state index in [0.717, 1.165) is 22.6 Å². The standard InChI is InChI=1S/C35H45N3O8S2/c1-19(2)29-17-48-47-16-23(15-37-35(36)38-29)28-14-27-21-7-10-25(41)13-24(40)9-6-20-8-11-30(42)32(45-18-39)26(20)5-3-4-22(12-21)31(43)33(27)46-34(28)44/h8,11-12,19,23,25,28-29,34,39,41-44H,4,6-7,9-10,13-18H2,1-2H3,(H3,36,37,38). The van der Waals surface area contributed by atoms with Crippen LogP contribution in [0.25, 0.3) is 0 Å². The number of nitrogens with two attached hydrogens (primary N) is 1. The smallest absolute Gasteiger partial charge is 0.201 e. The lowest BCUT2D eigenvalue weighted by molar-refractivity contribution is -0.121. The number of carbonyl (C=O) groups is 1. The highest BCUT2D eigenvalue weighted by atomic mass is 33.1. The molecule has 3 aliphatic rings. The van der Waals surface area contributed by atoms with Crippen LogP contribution in [0.1, 0.15) is 60.9 Å². The molecule has 2 aromatic carbocycles. The van der Waals surface area contributed by atoms with Crippen molar-refractivity contribution < 1.29 is 39.8 Å². The summed E-state index contributed by atoms with van der Waals surface area (Å²) in [4.78, 5) is 17.5. The molecule has 0 radical (unpaired) electrons. The Balaban J connectivity index is 1.49. The number of benzene rings is 2. The predicted octanol–water partition coefficient (Wildman–Crippen LogP) is 3.03. The first kappa shape index (κ1) is 36.0. The number of Topliss-reactive ketones (excluding diaryl/α,β-unsaturated/α-hetero) is 1. The molecule has 8 N–H and O–H groups in total. The van der Waals surface area contributed by atoms with Crippen molar-refractivity contribution in [2.75, 3.05) is 24.8 Å². The van der Waals surface area contributed by atoms with Gasteiger partial charge in [-0.3, -0.25) is 9.79 Å². The van der Waals surface area contributed by atoms with Crippen molar-refractivity contribution in [2.45, 2.75) is 77.2 Å². The predicted molar refractivity (Wildman–Crippen MR) is 187 cm³/mol. The molecule has 48 heavy (non-hydrogen) atoms. The van der Waals surface area contributed by atoms with Crippen LogP contribution in [-0.2, 0) is 30.5 Å². The van der Waals surface area contributed by atoms with E-state index in [1.165, 1.54) is 6.07 Å². The van der Waals surface area contributed by atoms with Gasteiger partial charge in [-0.25, -0.2) is 0 Å². The molecular weight excluding hydrogens is 655 g/mol. The third-order valence-corrected chi connectivity index (χ3v) is 11.8. The van der Waals surface area contributed by atoms with Gasteiger partial charge >= 0.3 is 0 Å². The van der Waals surface area contributed by atoms with Gasteiger partial charge in [0.2, 0.25) is 6.29 Å². The number of ether oxygens (including phenoxy) is 2. The molecule has 5 rings (SSSR count). The first-order valence-electron chi connectivity index (χ1n) is 16.3. The normalized spacial score (nSPS) is 25.4. The van der Waals surface area contributed by atoms with E-state index in [1.807, 2.05) is 6.07 Å². The summed E-state index contributed by atoms with van der Waals surface area (Å²) in [6, 6.07) is 5.13. The number of aliphatic hydroxyl groups excluding tert-OH is 3. The Labute approximate surface area is 289 Å². The molecule has 2 bridgehead atoms. The van der Waals surface area contributed by atoms with Crippen molar-refractivity contribution in [3.05, 3.63) is 46.0 Å². The molecule has 0 saturated carbocycles. The third kappa shape index (κ3) is 8.65. The van der Waals surface area contributed by atoms with Crippen LogP contribution < -0.4 is 20.5 Å². The number of hydrogen-bond donors (Lipinski definition) is 7. The van der Waals surface area contributed by atoms with Crippen LogP contribution in [0.2, 0.25) is 0 Å². The first-order chi connectivity index (χ1) is 23.0. The van der Waals surface area contributed by atoms with E-state index in [1.54, 1.807) is 27.7 Å². The minimum Gasteiger partial charge on any atom is -0.504 e. The molecule has 13 heteroatoms. The molecule has 0 aromatic heterocycles. The molecule has 1 aliphatic carbocycles. The van der Waals surface area contributed by atoms with Gasteiger partial charge in [-0.15, -0.1) is 0 Å². The quantitative estimate of drug-likeness (QED) is 0.141. The van der Waals surface area contributed by atoms with E-state index in [0.29, 0.717) is 60.8 Å². The Morgan fingerprint density at radius 2 is 1.90 bits per heavy atom. The Kier molecular flexibility index (Phi) is 12.3. The highest BCUT2D eigenvalue weighted by Crippen LogP contribution is 2.45. The molecule has 2 aromatic rings. The Morgan fingerprint density at radius 3 is 2.67 bits per heavy atom. The number of phenolic OH excluding ortho intramolecular Hbond substituents is 2. The molecule has 11 nitrogen and oxygen atoms in total. The molecule has 0 fully saturated rings. The van der Waals surface area contributed by atoms with E-state index in [-0.39, 0.29) is 65.9 Å². The molecule has 0 spiro atoms. The number of nitrogens with one attached hydrogen (secondary N) is 1. The van der Waals surface area contributed by atoms with Gasteiger partial charge in [-0.1, -0.05) is 59.4 Å². The summed E-state index contributed by atoms with van der Waals surface area (Å²) >= 11 is 0. The van der Waals surface area contributed by atoms with Gasteiger partial charge in [-0.05, 0) is 54.7 Å². The van der Waals surface area contributed by atoms with Gasteiger partial charge in [0.25, 0.3) is 0 Å². The van der Waals surface area contributed by atoms with E-state index >= 15 is 0 Å². The molecule has 0 amide bonds. The molecule has 5 atom stereocenters. The van der Waals surface area contributed by atoms with Gasteiger partial charge < -0.3 is 46.1 Å². The van der Waals surface area contributed by atoms with Crippen LogP contribution in [0.5, 0.6) is 23.0 Å². The maximum absolute atomic E-state index is 12.9. The van der Waals surface area contributed by atoms with Gasteiger partial charge in [0, 0.05) is 60.4 Å². The minimum atomic E-state index is -1.20. The second kappa shape index (κ2) is 16.4. The highest BCUT2D eigenvalue weighted by Gasteiger charge is 2.38. The fourth-order valence-corrected chi connectivity index (χ4v) is 9.21. The number of guanidine groups is 1. The average Bonchev–Trinajstić information content (AvgIpc) is 3.05. The SMILES string of the molecule is CC(C)C1CSSCC(C2Cc3c4cc(c(O)c3OC2O)CC#Cc2c(ccc(O)c2OCO)CCC(=O)CC(O)CC4)CN=C(N)N1. The number of hydrogen-bond acceptors (Lipinski definition) is 13. The van der Waals surface area contributed by atoms with Crippen LogP contribution in [0.4, 0.5) is 0 Å². The number of aliphatic hydroxyl groups is 3. The zero-order valence-electron chi connectivity index (χ0n) is 27.3. The zero-order valence-corrected chi connectivity index (χ0v) is 28.9. The summed E-state index contributed by atoms with van der Waals surface area (Å²) in [7, 11) is 3.50. The molecule has 260 valence electrons. The fourth-order valence-electron chi connectivity index (χ4n) is 6.33. The second-order valence-electron chi connectivity index (χ2n) is 12.9. The number of nitrogens with zero attached hydrogens (tertiary/aromatic N) is 1. The van der Waals surface area contributed by atoms with Crippen molar-refractivity contribution in [1.82, 2.24) is 5.32 Å². The zero-order chi connectivity index (χ0) is 34.4. The lowest BCUT2D eigenvalue weighted by Crippen LogP contribution is -2.45. The highest BCUT2D eigenvalue weighted by molar-refractivity contribution is 8.76. The number of phenols is 2. The third-order valence-electron chi connectivity index (χ3n) is 9.23. The number of ketones is 1. The van der Waals surface area contributed by atoms with E-state index in [2.05, 4.69) is 36.0 Å². The van der Waals surface area contributed by atoms with Crippen LogP contribution in [0.15, 0.2) is 23.2 Å². The Bertz CT molecular complexity index is 1570. The molecular formula is C35H45N3O8S2. The summed E-state index contributed by atoms with van der Waals surface area (Å²) in [6.45, 7) is 4.00. The van der Waals surface area contributed by atoms with Gasteiger partial charge in [-0.2, -0.15) is 0 Å². The number of aromatic hydroxyl groups is 2. The Hall–Kier alpha value is -3.28. The van der Waals surface area contributed by atoms with E-state index in [4.69, 9.17) is 15.2 Å². The van der Waals surface area contributed by atoms with E-state index < -0.39 is 19.2 Å². The lowest BCUT2D eigenvalue weighted by Gasteiger charge is -2.37. The molecule has 2 aliphatic heterocycles. The average molecular weight is 700 g/mol. The molecule has 5 unspecified atom stereocenters. The number of carbonyl (C=O) groups excluding carboxylic acids is 1. The number of rotatable bonds is 4. The van der Waals surface area contributed by atoms with Gasteiger partial charge in [0.1, 0.15) is 5.78 Å². The molecule has 0 saturated heterocycles. The van der Waals surface area contributed by atoms with Gasteiger partial charge in [0.15, 0.2) is 35.8 Å². The summed E-state index contributed by atoms with van der Waals surface area (Å²) in [5, 5.41) is 56.8. The fraction of sp³-hybridized carbons (Fsp3) is 0.543. The lowest BCUT2D eigenvalue weighted by atomic mass is 9.81. The summed E-state index contributed by atoms with van der Waals surface area (Å²) in [5.74, 6) is 7.77. The van der Waals surface area contributed by atoms with Crippen LogP contribution in [0, 0.1) is 29.6 Å². The van der Waals surface area contributed by atoms with Crippen molar-refractivity contribution in [3.63, 3.8) is 0 Å². The maximum atomic E-state index is 12.9. The largest absolute Gasteiger partial charge is 0.504 e. The van der Waals surface area contributed by atoms with Gasteiger partial charge in [0.05, 0.1) is 11.7 Å². The van der Waals surface area contributed by atoms with Crippen molar-refractivity contribution in [1.29, 1.82) is 0 Å². The monoisotopic (exact) mass is 699 g/mol. The van der Waals surface area contributed by atoms with E-state index in [9.17, 15) is 30.3 Å². The summed E-state index contributed by atoms with van der Waals surface area (Å²) < 4.78 is 11.4.